The molecule has 0 aromatic heterocycles. The van der Waals surface area contributed by atoms with E-state index in [1.54, 1.807) is 0 Å². The van der Waals surface area contributed by atoms with Gasteiger partial charge in [0, 0.05) is 18.7 Å². The Morgan fingerprint density at radius 3 is 2.94 bits per heavy atom. The number of nitrogens with two attached hydrogens (primary N) is 1. The highest BCUT2D eigenvalue weighted by Crippen LogP contribution is 2.27. The van der Waals surface area contributed by atoms with Crippen molar-refractivity contribution in [2.75, 3.05) is 13.2 Å². The third kappa shape index (κ3) is 3.74. The summed E-state index contributed by atoms with van der Waals surface area (Å²) in [6.45, 7) is 3.26. The van der Waals surface area contributed by atoms with E-state index in [2.05, 4.69) is 5.32 Å². The van der Waals surface area contributed by atoms with Crippen LogP contribution in [-0.4, -0.2) is 19.1 Å². The molecule has 0 aliphatic heterocycles. The Bertz CT molecular complexity index is 428. The van der Waals surface area contributed by atoms with E-state index in [1.807, 2.05) is 25.1 Å². The molecule has 2 rings (SSSR count). The van der Waals surface area contributed by atoms with E-state index in [4.69, 9.17) is 10.5 Å². The number of nitrogens with one attached hydrogen (secondary N) is 1. The standard InChI is InChI=1S/C14H20N2O2/c1-10-2-5-13(12(6-10)7-15)18-9-14(17)16-8-11-3-4-11/h2,5-6,11H,3-4,7-9,15H2,1H3,(H,16,17). The quantitative estimate of drug-likeness (QED) is 0.799. The minimum absolute atomic E-state index is 0.0583. The summed E-state index contributed by atoms with van der Waals surface area (Å²) in [6.07, 6.45) is 2.47. The van der Waals surface area contributed by atoms with Crippen molar-refractivity contribution in [1.82, 2.24) is 5.32 Å². The van der Waals surface area contributed by atoms with Crippen LogP contribution in [0.25, 0.3) is 0 Å². The highest BCUT2D eigenvalue weighted by Gasteiger charge is 2.21. The fraction of sp³-hybridized carbons (Fsp3) is 0.500. The number of rotatable bonds is 6. The number of carbonyl (C=O) groups is 1. The summed E-state index contributed by atoms with van der Waals surface area (Å²) < 4.78 is 5.51. The smallest absolute Gasteiger partial charge is 0.257 e. The second kappa shape index (κ2) is 5.87. The van der Waals surface area contributed by atoms with Crippen LogP contribution in [0.3, 0.4) is 0 Å². The molecule has 1 aromatic rings. The molecule has 1 aliphatic rings. The van der Waals surface area contributed by atoms with Gasteiger partial charge >= 0.3 is 0 Å². The van der Waals surface area contributed by atoms with Crippen molar-refractivity contribution in [2.24, 2.45) is 11.7 Å². The maximum Gasteiger partial charge on any atom is 0.257 e. The van der Waals surface area contributed by atoms with Gasteiger partial charge in [0.2, 0.25) is 0 Å². The van der Waals surface area contributed by atoms with Crippen LogP contribution in [0.1, 0.15) is 24.0 Å². The molecule has 4 heteroatoms. The first kappa shape index (κ1) is 12.9. The molecule has 0 radical (unpaired) electrons. The van der Waals surface area contributed by atoms with Gasteiger partial charge < -0.3 is 15.8 Å². The highest BCUT2D eigenvalue weighted by atomic mass is 16.5. The van der Waals surface area contributed by atoms with Gasteiger partial charge in [-0.25, -0.2) is 0 Å². The van der Waals surface area contributed by atoms with Crippen LogP contribution in [0.5, 0.6) is 5.75 Å². The van der Waals surface area contributed by atoms with Crippen molar-refractivity contribution >= 4 is 5.91 Å². The van der Waals surface area contributed by atoms with E-state index in [0.717, 1.165) is 17.7 Å². The predicted octanol–water partition coefficient (Wildman–Crippen LogP) is 1.36. The van der Waals surface area contributed by atoms with Gasteiger partial charge in [-0.05, 0) is 31.7 Å². The van der Waals surface area contributed by atoms with Crippen LogP contribution in [0.2, 0.25) is 0 Å². The molecule has 0 bridgehead atoms. The lowest BCUT2D eigenvalue weighted by molar-refractivity contribution is -0.123. The molecule has 1 fully saturated rings. The lowest BCUT2D eigenvalue weighted by Gasteiger charge is -2.11. The first-order valence-electron chi connectivity index (χ1n) is 6.38. The molecule has 1 aromatic carbocycles. The van der Waals surface area contributed by atoms with Crippen LogP contribution in [0.15, 0.2) is 18.2 Å². The zero-order chi connectivity index (χ0) is 13.0. The molecule has 3 N–H and O–H groups in total. The van der Waals surface area contributed by atoms with Gasteiger partial charge in [-0.15, -0.1) is 0 Å². The molecule has 0 unspecified atom stereocenters. The van der Waals surface area contributed by atoms with Gasteiger partial charge in [0.15, 0.2) is 6.61 Å². The summed E-state index contributed by atoms with van der Waals surface area (Å²) in [6, 6.07) is 5.81. The van der Waals surface area contributed by atoms with Crippen LogP contribution >= 0.6 is 0 Å². The summed E-state index contributed by atoms with van der Waals surface area (Å²) in [7, 11) is 0. The van der Waals surface area contributed by atoms with Crippen LogP contribution in [-0.2, 0) is 11.3 Å². The van der Waals surface area contributed by atoms with Gasteiger partial charge in [0.1, 0.15) is 5.75 Å². The fourth-order valence-corrected chi connectivity index (χ4v) is 1.78. The molecular weight excluding hydrogens is 228 g/mol. The second-order valence-electron chi connectivity index (χ2n) is 4.85. The largest absolute Gasteiger partial charge is 0.483 e. The molecule has 0 saturated heterocycles. The monoisotopic (exact) mass is 248 g/mol. The lowest BCUT2D eigenvalue weighted by atomic mass is 10.1. The third-order valence-electron chi connectivity index (χ3n) is 3.08. The van der Waals surface area contributed by atoms with Crippen LogP contribution in [0, 0.1) is 12.8 Å². The highest BCUT2D eigenvalue weighted by molar-refractivity contribution is 5.77. The molecule has 98 valence electrons. The average Bonchev–Trinajstić information content (AvgIpc) is 3.18. The summed E-state index contributed by atoms with van der Waals surface area (Å²) >= 11 is 0. The maximum absolute atomic E-state index is 11.5. The van der Waals surface area contributed by atoms with Crippen molar-refractivity contribution in [1.29, 1.82) is 0 Å². The van der Waals surface area contributed by atoms with Gasteiger partial charge in [-0.2, -0.15) is 0 Å². The first-order chi connectivity index (χ1) is 8.69. The number of benzene rings is 1. The molecule has 4 nitrogen and oxygen atoms in total. The van der Waals surface area contributed by atoms with Crippen molar-refractivity contribution in [3.63, 3.8) is 0 Å². The number of hydrogen-bond acceptors (Lipinski definition) is 3. The predicted molar refractivity (Wildman–Crippen MR) is 70.3 cm³/mol. The third-order valence-corrected chi connectivity index (χ3v) is 3.08. The van der Waals surface area contributed by atoms with Crippen LogP contribution in [0.4, 0.5) is 0 Å². The maximum atomic E-state index is 11.5. The number of carbonyl (C=O) groups excluding carboxylic acids is 1. The number of hydrogen-bond donors (Lipinski definition) is 2. The van der Waals surface area contributed by atoms with E-state index in [0.29, 0.717) is 18.2 Å². The zero-order valence-electron chi connectivity index (χ0n) is 10.7. The average molecular weight is 248 g/mol. The van der Waals surface area contributed by atoms with Crippen molar-refractivity contribution in [3.8, 4) is 5.75 Å². The summed E-state index contributed by atoms with van der Waals surface area (Å²) in [5, 5.41) is 2.87. The van der Waals surface area contributed by atoms with Gasteiger partial charge in [-0.3, -0.25) is 4.79 Å². The molecule has 1 amide bonds. The molecule has 0 spiro atoms. The molecule has 0 atom stereocenters. The molecule has 0 heterocycles. The summed E-state index contributed by atoms with van der Waals surface area (Å²) in [4.78, 5) is 11.5. The molecule has 18 heavy (non-hydrogen) atoms. The van der Waals surface area contributed by atoms with E-state index < -0.39 is 0 Å². The Morgan fingerprint density at radius 2 is 2.28 bits per heavy atom. The van der Waals surface area contributed by atoms with Crippen molar-refractivity contribution < 1.29 is 9.53 Å². The van der Waals surface area contributed by atoms with Crippen molar-refractivity contribution in [3.05, 3.63) is 29.3 Å². The zero-order valence-corrected chi connectivity index (χ0v) is 10.7. The fourth-order valence-electron chi connectivity index (χ4n) is 1.78. The molecule has 1 aliphatic carbocycles. The molecule has 1 saturated carbocycles. The topological polar surface area (TPSA) is 64.3 Å². The van der Waals surface area contributed by atoms with Crippen molar-refractivity contribution in [2.45, 2.75) is 26.3 Å². The SMILES string of the molecule is Cc1ccc(OCC(=O)NCC2CC2)c(CN)c1. The number of aryl methyl sites for hydroxylation is 1. The minimum Gasteiger partial charge on any atom is -0.483 e. The van der Waals surface area contributed by atoms with Gasteiger partial charge in [0.05, 0.1) is 0 Å². The van der Waals surface area contributed by atoms with Gasteiger partial charge in [0.25, 0.3) is 5.91 Å². The Kier molecular flexibility index (Phi) is 4.20. The van der Waals surface area contributed by atoms with E-state index >= 15 is 0 Å². The number of amides is 1. The Balaban J connectivity index is 1.82. The first-order valence-corrected chi connectivity index (χ1v) is 6.38. The normalized spacial score (nSPS) is 14.3. The second-order valence-corrected chi connectivity index (χ2v) is 4.85. The molecular formula is C14H20N2O2. The summed E-state index contributed by atoms with van der Waals surface area (Å²) in [5.41, 5.74) is 7.73. The number of ether oxygens (including phenoxy) is 1. The van der Waals surface area contributed by atoms with E-state index in [9.17, 15) is 4.79 Å². The Morgan fingerprint density at radius 1 is 1.50 bits per heavy atom. The minimum atomic E-state index is -0.0644. The van der Waals surface area contributed by atoms with Crippen LogP contribution < -0.4 is 15.8 Å². The van der Waals surface area contributed by atoms with E-state index in [-0.39, 0.29) is 12.5 Å². The van der Waals surface area contributed by atoms with Gasteiger partial charge in [-0.1, -0.05) is 17.7 Å². The Labute approximate surface area is 108 Å². The lowest BCUT2D eigenvalue weighted by Crippen LogP contribution is -2.30. The van der Waals surface area contributed by atoms with E-state index in [1.165, 1.54) is 12.8 Å². The summed E-state index contributed by atoms with van der Waals surface area (Å²) in [5.74, 6) is 1.32. The Hall–Kier alpha value is -1.55.